The Labute approximate surface area is 245 Å². The van der Waals surface area contributed by atoms with Gasteiger partial charge in [0, 0.05) is 12.1 Å². The van der Waals surface area contributed by atoms with E-state index in [0.29, 0.717) is 5.56 Å². The summed E-state index contributed by atoms with van der Waals surface area (Å²) in [7, 11) is 1.39. The molecule has 3 aliphatic heterocycles. The van der Waals surface area contributed by atoms with Gasteiger partial charge >= 0.3 is 0 Å². The molecular weight excluding hydrogens is 576 g/mol. The standard InChI is InChI=1S/C28H34O15/c1-10-21(33)23(35)25(37)27(39-10)43-26-24(36)22(34)19(9-29)42-28(26)40-12-6-14(31)20-15(32)8-17(41-18(20)7-12)11-3-4-16(38-2)13(30)5-11/h3-7,10,17,19,21-31,33-37H,8-9H2,1-2H3/t10-,17+,19+,21+,22-,23+,24-,25+,26-,27+,28-/m1/s1. The largest absolute Gasteiger partial charge is 0.507 e. The second-order valence-electron chi connectivity index (χ2n) is 10.6. The fraction of sp³-hybridized carbons (Fsp3) is 0.536. The smallest absolute Gasteiger partial charge is 0.229 e. The van der Waals surface area contributed by atoms with Crippen molar-refractivity contribution in [2.75, 3.05) is 13.7 Å². The average molecular weight is 611 g/mol. The lowest BCUT2D eigenvalue weighted by Gasteiger charge is -2.45. The molecule has 2 aromatic carbocycles. The first-order valence-electron chi connectivity index (χ1n) is 13.5. The number of carbonyl (C=O) groups excluding carboxylic acids is 1. The maximum absolute atomic E-state index is 13.0. The van der Waals surface area contributed by atoms with E-state index in [9.17, 15) is 45.6 Å². The van der Waals surface area contributed by atoms with Crippen molar-refractivity contribution in [3.05, 3.63) is 41.5 Å². The second kappa shape index (κ2) is 12.4. The van der Waals surface area contributed by atoms with Gasteiger partial charge in [-0.1, -0.05) is 6.07 Å². The second-order valence-corrected chi connectivity index (χ2v) is 10.6. The number of hydrogen-bond acceptors (Lipinski definition) is 15. The first kappa shape index (κ1) is 31.2. The van der Waals surface area contributed by atoms with Crippen molar-refractivity contribution in [2.24, 2.45) is 0 Å². The van der Waals surface area contributed by atoms with Crippen molar-refractivity contribution < 1.29 is 74.1 Å². The molecule has 0 radical (unpaired) electrons. The van der Waals surface area contributed by atoms with Crippen molar-refractivity contribution in [2.45, 2.75) is 80.9 Å². The number of phenolic OH excluding ortho intramolecular Hbond substituents is 2. The highest BCUT2D eigenvalue weighted by molar-refractivity contribution is 6.02. The molecule has 2 saturated heterocycles. The van der Waals surface area contributed by atoms with Crippen LogP contribution in [0.2, 0.25) is 0 Å². The molecule has 236 valence electrons. The van der Waals surface area contributed by atoms with Crippen LogP contribution in [0.5, 0.6) is 28.7 Å². The molecular formula is C28H34O15. The third kappa shape index (κ3) is 5.95. The molecule has 15 nitrogen and oxygen atoms in total. The van der Waals surface area contributed by atoms with E-state index < -0.39 is 85.7 Å². The number of hydrogen-bond donors (Lipinski definition) is 8. The van der Waals surface area contributed by atoms with Crippen LogP contribution in [0.1, 0.15) is 35.4 Å². The number of fused-ring (bicyclic) bond motifs is 1. The molecule has 11 atom stereocenters. The molecule has 0 amide bonds. The maximum Gasteiger partial charge on any atom is 0.229 e. The van der Waals surface area contributed by atoms with Gasteiger partial charge in [0.15, 0.2) is 29.7 Å². The van der Waals surface area contributed by atoms with Gasteiger partial charge in [0.05, 0.1) is 26.2 Å². The molecule has 15 heteroatoms. The Balaban J connectivity index is 1.41. The van der Waals surface area contributed by atoms with Crippen LogP contribution in [-0.4, -0.2) is 122 Å². The molecule has 0 spiro atoms. The Morgan fingerprint density at radius 1 is 0.884 bits per heavy atom. The predicted molar refractivity (Wildman–Crippen MR) is 141 cm³/mol. The van der Waals surface area contributed by atoms with E-state index in [1.54, 1.807) is 6.07 Å². The SMILES string of the molecule is COc1ccc([C@@H]2CC(=O)c3c(O)cc(O[C@@H]4O[C@@H](CO)[C@@H](O)[C@@H](O)[C@H]4O[C@@H]4O[C@H](C)[C@H](O)[C@H](O)[C@@H]4O)cc3O2)cc1O. The summed E-state index contributed by atoms with van der Waals surface area (Å²) in [4.78, 5) is 13.0. The number of methoxy groups -OCH3 is 1. The van der Waals surface area contributed by atoms with Crippen molar-refractivity contribution in [3.63, 3.8) is 0 Å². The summed E-state index contributed by atoms with van der Waals surface area (Å²) in [6, 6.07) is 6.89. The van der Waals surface area contributed by atoms with E-state index in [1.165, 1.54) is 32.2 Å². The molecule has 8 N–H and O–H groups in total. The summed E-state index contributed by atoms with van der Waals surface area (Å²) in [5, 5.41) is 82.4. The number of aliphatic hydroxyl groups excluding tert-OH is 6. The zero-order valence-corrected chi connectivity index (χ0v) is 23.1. The predicted octanol–water partition coefficient (Wildman–Crippen LogP) is -1.16. The summed E-state index contributed by atoms with van der Waals surface area (Å²) in [6.07, 6.45) is -16.3. The zero-order chi connectivity index (χ0) is 31.2. The Bertz CT molecular complexity index is 1320. The number of ketones is 1. The fourth-order valence-electron chi connectivity index (χ4n) is 5.29. The Kier molecular flexibility index (Phi) is 8.99. The Morgan fingerprint density at radius 3 is 2.30 bits per heavy atom. The molecule has 0 aromatic heterocycles. The number of benzene rings is 2. The van der Waals surface area contributed by atoms with Gasteiger partial charge in [-0.05, 0) is 24.6 Å². The van der Waals surface area contributed by atoms with Gasteiger partial charge in [-0.2, -0.15) is 0 Å². The van der Waals surface area contributed by atoms with Crippen LogP contribution in [0.4, 0.5) is 0 Å². The first-order chi connectivity index (χ1) is 20.4. The van der Waals surface area contributed by atoms with E-state index >= 15 is 0 Å². The van der Waals surface area contributed by atoms with Crippen LogP contribution < -0.4 is 14.2 Å². The van der Waals surface area contributed by atoms with Crippen molar-refractivity contribution in [3.8, 4) is 28.7 Å². The van der Waals surface area contributed by atoms with Crippen LogP contribution in [-0.2, 0) is 14.2 Å². The fourth-order valence-corrected chi connectivity index (χ4v) is 5.29. The molecule has 3 aliphatic rings. The number of aliphatic hydroxyl groups is 6. The number of carbonyl (C=O) groups is 1. The average Bonchev–Trinajstić information content (AvgIpc) is 2.97. The Hall–Kier alpha value is -3.25. The monoisotopic (exact) mass is 610 g/mol. The van der Waals surface area contributed by atoms with Gasteiger partial charge in [-0.3, -0.25) is 4.79 Å². The lowest BCUT2D eigenvalue weighted by atomic mass is 9.95. The van der Waals surface area contributed by atoms with E-state index in [1.807, 2.05) is 0 Å². The minimum atomic E-state index is -1.76. The third-order valence-electron chi connectivity index (χ3n) is 7.72. The number of Topliss-reactive ketones (excluding diaryl/α,β-unsaturated/α-hetero) is 1. The lowest BCUT2D eigenvalue weighted by molar-refractivity contribution is -0.354. The number of phenols is 2. The summed E-state index contributed by atoms with van der Waals surface area (Å²) >= 11 is 0. The van der Waals surface area contributed by atoms with Crippen LogP contribution in [0.3, 0.4) is 0 Å². The summed E-state index contributed by atoms with van der Waals surface area (Å²) in [6.45, 7) is 0.699. The van der Waals surface area contributed by atoms with Crippen molar-refractivity contribution in [1.29, 1.82) is 0 Å². The van der Waals surface area contributed by atoms with Gasteiger partial charge in [0.25, 0.3) is 0 Å². The van der Waals surface area contributed by atoms with E-state index in [2.05, 4.69) is 0 Å². The summed E-state index contributed by atoms with van der Waals surface area (Å²) in [5.74, 6) is -1.06. The summed E-state index contributed by atoms with van der Waals surface area (Å²) < 4.78 is 33.7. The molecule has 0 unspecified atom stereocenters. The highest BCUT2D eigenvalue weighted by Crippen LogP contribution is 2.43. The zero-order valence-electron chi connectivity index (χ0n) is 23.1. The molecule has 0 bridgehead atoms. The van der Waals surface area contributed by atoms with Crippen LogP contribution >= 0.6 is 0 Å². The minimum absolute atomic E-state index is 0.0592. The number of rotatable bonds is 7. The molecule has 2 aromatic rings. The van der Waals surface area contributed by atoms with Crippen LogP contribution in [0.15, 0.2) is 30.3 Å². The molecule has 0 saturated carbocycles. The van der Waals surface area contributed by atoms with Crippen LogP contribution in [0.25, 0.3) is 0 Å². The molecule has 0 aliphatic carbocycles. The molecule has 43 heavy (non-hydrogen) atoms. The first-order valence-corrected chi connectivity index (χ1v) is 13.5. The topological polar surface area (TPSA) is 234 Å². The quantitative estimate of drug-likeness (QED) is 0.185. The maximum atomic E-state index is 13.0. The Morgan fingerprint density at radius 2 is 1.63 bits per heavy atom. The van der Waals surface area contributed by atoms with Gasteiger partial charge in [0.2, 0.25) is 6.29 Å². The minimum Gasteiger partial charge on any atom is -0.507 e. The van der Waals surface area contributed by atoms with Crippen LogP contribution in [0, 0.1) is 0 Å². The number of ether oxygens (including phenoxy) is 6. The highest BCUT2D eigenvalue weighted by Gasteiger charge is 2.51. The number of aromatic hydroxyl groups is 2. The lowest BCUT2D eigenvalue weighted by Crippen LogP contribution is -2.64. The van der Waals surface area contributed by atoms with Gasteiger partial charge in [0.1, 0.15) is 65.5 Å². The van der Waals surface area contributed by atoms with E-state index in [-0.39, 0.29) is 35.0 Å². The van der Waals surface area contributed by atoms with E-state index in [0.717, 1.165) is 6.07 Å². The highest BCUT2D eigenvalue weighted by atomic mass is 16.8. The van der Waals surface area contributed by atoms with Gasteiger partial charge in [-0.15, -0.1) is 0 Å². The van der Waals surface area contributed by atoms with Gasteiger partial charge < -0.3 is 69.3 Å². The third-order valence-corrected chi connectivity index (χ3v) is 7.72. The van der Waals surface area contributed by atoms with Crippen molar-refractivity contribution in [1.82, 2.24) is 0 Å². The van der Waals surface area contributed by atoms with Gasteiger partial charge in [-0.25, -0.2) is 0 Å². The molecule has 3 heterocycles. The normalized spacial score (nSPS) is 36.0. The molecule has 2 fully saturated rings. The summed E-state index contributed by atoms with van der Waals surface area (Å²) in [5.41, 5.74) is 0.352. The van der Waals surface area contributed by atoms with E-state index in [4.69, 9.17) is 28.4 Å². The van der Waals surface area contributed by atoms with Crippen molar-refractivity contribution >= 4 is 5.78 Å². The molecule has 5 rings (SSSR count).